The quantitative estimate of drug-likeness (QED) is 0.734. The zero-order valence-corrected chi connectivity index (χ0v) is 18.0. The molecule has 2 fully saturated rings. The summed E-state index contributed by atoms with van der Waals surface area (Å²) in [5.74, 6) is 0.983. The Bertz CT molecular complexity index is 846. The monoisotopic (exact) mass is 408 g/mol. The van der Waals surface area contributed by atoms with Crippen molar-refractivity contribution in [3.8, 4) is 5.75 Å². The third kappa shape index (κ3) is 4.85. The van der Waals surface area contributed by atoms with Gasteiger partial charge in [0.1, 0.15) is 5.75 Å². The Kier molecular flexibility index (Phi) is 6.40. The first-order valence-electron chi connectivity index (χ1n) is 10.9. The molecule has 4 rings (SSSR count). The number of piperidine rings is 1. The molecule has 0 saturated carbocycles. The van der Waals surface area contributed by atoms with E-state index in [0.717, 1.165) is 56.8 Å². The van der Waals surface area contributed by atoms with Crippen LogP contribution < -0.4 is 4.74 Å². The van der Waals surface area contributed by atoms with Crippen LogP contribution in [0.4, 0.5) is 0 Å². The number of likely N-dealkylation sites (tertiary alicyclic amines) is 1. The van der Waals surface area contributed by atoms with E-state index < -0.39 is 0 Å². The fourth-order valence-electron chi connectivity index (χ4n) is 4.68. The van der Waals surface area contributed by atoms with Crippen LogP contribution in [0.1, 0.15) is 30.4 Å². The van der Waals surface area contributed by atoms with Gasteiger partial charge in [0.15, 0.2) is 0 Å². The predicted molar refractivity (Wildman–Crippen MR) is 118 cm³/mol. The highest BCUT2D eigenvalue weighted by atomic mass is 16.5. The molecule has 0 aliphatic carbocycles. The fourth-order valence-corrected chi connectivity index (χ4v) is 4.68. The first kappa shape index (κ1) is 20.9. The highest BCUT2D eigenvalue weighted by Crippen LogP contribution is 2.37. The first-order chi connectivity index (χ1) is 14.6. The molecule has 1 atom stereocenters. The molecule has 0 unspecified atom stereocenters. The lowest BCUT2D eigenvalue weighted by molar-refractivity contribution is -0.135. The minimum atomic E-state index is -0.0671. The largest absolute Gasteiger partial charge is 0.497 e. The van der Waals surface area contributed by atoms with E-state index in [9.17, 15) is 4.79 Å². The zero-order chi connectivity index (χ0) is 21.0. The molecule has 2 heterocycles. The first-order valence-corrected chi connectivity index (χ1v) is 10.9. The van der Waals surface area contributed by atoms with Gasteiger partial charge in [-0.3, -0.25) is 9.69 Å². The number of ether oxygens (including phenoxy) is 2. The van der Waals surface area contributed by atoms with Crippen LogP contribution >= 0.6 is 0 Å². The van der Waals surface area contributed by atoms with E-state index >= 15 is 0 Å². The van der Waals surface area contributed by atoms with Crippen molar-refractivity contribution in [2.45, 2.75) is 43.9 Å². The van der Waals surface area contributed by atoms with Gasteiger partial charge in [0, 0.05) is 25.7 Å². The van der Waals surface area contributed by atoms with Crippen LogP contribution in [0.5, 0.6) is 5.75 Å². The van der Waals surface area contributed by atoms with Crippen LogP contribution in [0.3, 0.4) is 0 Å². The van der Waals surface area contributed by atoms with Crippen molar-refractivity contribution in [3.63, 3.8) is 0 Å². The van der Waals surface area contributed by atoms with Crippen molar-refractivity contribution in [2.24, 2.45) is 0 Å². The molecule has 30 heavy (non-hydrogen) atoms. The fraction of sp³-hybridized carbons (Fsp3) is 0.480. The Morgan fingerprint density at radius 3 is 2.60 bits per heavy atom. The molecule has 2 aromatic carbocycles. The molecule has 0 bridgehead atoms. The van der Waals surface area contributed by atoms with E-state index in [1.165, 1.54) is 5.56 Å². The van der Waals surface area contributed by atoms with Gasteiger partial charge in [-0.2, -0.15) is 0 Å². The normalized spacial score (nSPS) is 20.6. The second kappa shape index (κ2) is 9.19. The Morgan fingerprint density at radius 2 is 1.87 bits per heavy atom. The van der Waals surface area contributed by atoms with E-state index in [0.29, 0.717) is 12.5 Å². The van der Waals surface area contributed by atoms with Crippen LogP contribution in [0.2, 0.25) is 0 Å². The summed E-state index contributed by atoms with van der Waals surface area (Å²) in [6.45, 7) is 3.27. The number of amides is 1. The van der Waals surface area contributed by atoms with Crippen LogP contribution in [-0.2, 0) is 22.5 Å². The van der Waals surface area contributed by atoms with Crippen LogP contribution in [0.15, 0.2) is 54.6 Å². The molecular weight excluding hydrogens is 376 g/mol. The van der Waals surface area contributed by atoms with Gasteiger partial charge in [-0.15, -0.1) is 0 Å². The van der Waals surface area contributed by atoms with Crippen molar-refractivity contribution in [1.29, 1.82) is 0 Å². The predicted octanol–water partition coefficient (Wildman–Crippen LogP) is 3.52. The molecule has 160 valence electrons. The molecule has 5 heteroatoms. The Balaban J connectivity index is 1.28. The second-order valence-corrected chi connectivity index (χ2v) is 8.66. The minimum absolute atomic E-state index is 0.0671. The molecular formula is C25H32N2O3. The van der Waals surface area contributed by atoms with Gasteiger partial charge >= 0.3 is 0 Å². The minimum Gasteiger partial charge on any atom is -0.497 e. The Hall–Kier alpha value is -2.37. The molecule has 2 aliphatic rings. The zero-order valence-electron chi connectivity index (χ0n) is 18.0. The van der Waals surface area contributed by atoms with Gasteiger partial charge in [-0.05, 0) is 49.6 Å². The number of carbonyl (C=O) groups is 1. The molecule has 1 amide bonds. The molecule has 2 saturated heterocycles. The maximum absolute atomic E-state index is 12.8. The number of methoxy groups -OCH3 is 1. The summed E-state index contributed by atoms with van der Waals surface area (Å²) in [6.07, 6.45) is 3.32. The number of hydrogen-bond donors (Lipinski definition) is 0. The average molecular weight is 409 g/mol. The summed E-state index contributed by atoms with van der Waals surface area (Å²) in [6, 6.07) is 18.8. The maximum atomic E-state index is 12.8. The molecule has 2 aromatic rings. The second-order valence-electron chi connectivity index (χ2n) is 8.66. The van der Waals surface area contributed by atoms with Gasteiger partial charge in [0.25, 0.3) is 0 Å². The number of hydrogen-bond acceptors (Lipinski definition) is 4. The van der Waals surface area contributed by atoms with E-state index in [-0.39, 0.29) is 11.5 Å². The van der Waals surface area contributed by atoms with E-state index in [1.54, 1.807) is 7.11 Å². The third-order valence-electron chi connectivity index (χ3n) is 6.60. The van der Waals surface area contributed by atoms with Crippen molar-refractivity contribution in [3.05, 3.63) is 65.7 Å². The van der Waals surface area contributed by atoms with Crippen molar-refractivity contribution in [1.82, 2.24) is 9.80 Å². The van der Waals surface area contributed by atoms with Crippen LogP contribution in [-0.4, -0.2) is 61.2 Å². The molecule has 0 aromatic heterocycles. The summed E-state index contributed by atoms with van der Waals surface area (Å²) in [5.41, 5.74) is 2.26. The number of rotatable bonds is 6. The summed E-state index contributed by atoms with van der Waals surface area (Å²) in [5, 5.41) is 0. The highest BCUT2D eigenvalue weighted by Gasteiger charge is 2.44. The lowest BCUT2D eigenvalue weighted by Crippen LogP contribution is -2.47. The Labute approximate surface area is 179 Å². The summed E-state index contributed by atoms with van der Waals surface area (Å²) >= 11 is 0. The smallest absolute Gasteiger partial charge is 0.226 e. The van der Waals surface area contributed by atoms with Crippen LogP contribution in [0.25, 0.3) is 0 Å². The third-order valence-corrected chi connectivity index (χ3v) is 6.60. The lowest BCUT2D eigenvalue weighted by atomic mass is 9.87. The van der Waals surface area contributed by atoms with Crippen molar-refractivity contribution < 1.29 is 14.3 Å². The number of benzene rings is 2. The van der Waals surface area contributed by atoms with E-state index in [4.69, 9.17) is 9.47 Å². The van der Waals surface area contributed by atoms with Crippen molar-refractivity contribution >= 4 is 5.91 Å². The number of carbonyl (C=O) groups excluding carboxylic acids is 1. The topological polar surface area (TPSA) is 42.0 Å². The lowest BCUT2D eigenvalue weighted by Gasteiger charge is -2.39. The molecule has 0 N–H and O–H groups in total. The standard InChI is InChI=1S/C25H32N2O3/c1-26(18-20-7-4-3-5-8-20)22-17-25(30-19-22)11-13-27(14-12-25)24(28)16-21-9-6-10-23(15-21)29-2/h3-10,15,22H,11-14,16-19H2,1-2H3/t22-/m0/s1. The summed E-state index contributed by atoms with van der Waals surface area (Å²) in [4.78, 5) is 17.2. The number of likely N-dealkylation sites (N-methyl/N-ethyl adjacent to an activating group) is 1. The Morgan fingerprint density at radius 1 is 1.13 bits per heavy atom. The van der Waals surface area contributed by atoms with Gasteiger partial charge in [0.05, 0.1) is 25.7 Å². The molecule has 1 spiro atoms. The van der Waals surface area contributed by atoms with Gasteiger partial charge in [0.2, 0.25) is 5.91 Å². The number of nitrogens with zero attached hydrogens (tertiary/aromatic N) is 2. The SMILES string of the molecule is COc1cccc(CC(=O)N2CCC3(CC2)C[C@H](N(C)Cc2ccccc2)CO3)c1. The summed E-state index contributed by atoms with van der Waals surface area (Å²) in [7, 11) is 3.84. The van der Waals surface area contributed by atoms with Crippen molar-refractivity contribution in [2.75, 3.05) is 33.9 Å². The van der Waals surface area contributed by atoms with Gasteiger partial charge in [-0.25, -0.2) is 0 Å². The average Bonchev–Trinajstić information content (AvgIpc) is 3.18. The molecule has 2 aliphatic heterocycles. The van der Waals surface area contributed by atoms with E-state index in [2.05, 4.69) is 42.3 Å². The summed E-state index contributed by atoms with van der Waals surface area (Å²) < 4.78 is 11.6. The van der Waals surface area contributed by atoms with Gasteiger partial charge in [-0.1, -0.05) is 42.5 Å². The maximum Gasteiger partial charge on any atom is 0.226 e. The molecule has 5 nitrogen and oxygen atoms in total. The van der Waals surface area contributed by atoms with E-state index in [1.807, 2.05) is 29.2 Å². The van der Waals surface area contributed by atoms with Gasteiger partial charge < -0.3 is 14.4 Å². The molecule has 0 radical (unpaired) electrons. The van der Waals surface area contributed by atoms with Crippen LogP contribution in [0, 0.1) is 0 Å². The highest BCUT2D eigenvalue weighted by molar-refractivity contribution is 5.79.